The summed E-state index contributed by atoms with van der Waals surface area (Å²) in [6.45, 7) is 2.01. The highest BCUT2D eigenvalue weighted by molar-refractivity contribution is 6.25. The number of benzene rings is 3. The highest BCUT2D eigenvalue weighted by Crippen LogP contribution is 2.35. The molecular formula is C29H30N2O5. The second-order valence-corrected chi connectivity index (χ2v) is 9.47. The lowest BCUT2D eigenvalue weighted by Crippen LogP contribution is -2.45. The van der Waals surface area contributed by atoms with Gasteiger partial charge in [-0.2, -0.15) is 0 Å². The highest BCUT2D eigenvalue weighted by atomic mass is 16.5. The topological polar surface area (TPSA) is 84.9 Å². The molecule has 0 aliphatic carbocycles. The molecule has 36 heavy (non-hydrogen) atoms. The van der Waals surface area contributed by atoms with Crippen molar-refractivity contribution in [2.24, 2.45) is 0 Å². The molecular weight excluding hydrogens is 456 g/mol. The van der Waals surface area contributed by atoms with Gasteiger partial charge in [0.05, 0.1) is 7.11 Å². The smallest absolute Gasteiger partial charge is 0.261 e. The van der Waals surface area contributed by atoms with Gasteiger partial charge < -0.3 is 14.8 Å². The number of nitrogens with one attached hydrogen (secondary N) is 1. The van der Waals surface area contributed by atoms with E-state index in [0.717, 1.165) is 29.5 Å². The minimum atomic E-state index is -0.301. The summed E-state index contributed by atoms with van der Waals surface area (Å²) in [5.74, 6) is 0.107. The van der Waals surface area contributed by atoms with E-state index in [1.165, 1.54) is 4.90 Å². The van der Waals surface area contributed by atoms with Crippen LogP contribution in [-0.2, 0) is 14.9 Å². The van der Waals surface area contributed by atoms with Crippen LogP contribution in [0.5, 0.6) is 5.75 Å². The molecule has 2 aliphatic rings. The van der Waals surface area contributed by atoms with Gasteiger partial charge in [-0.1, -0.05) is 36.4 Å². The zero-order chi connectivity index (χ0) is 25.1. The molecule has 5 rings (SSSR count). The molecule has 0 unspecified atom stereocenters. The van der Waals surface area contributed by atoms with Crippen molar-refractivity contribution in [1.82, 2.24) is 10.2 Å². The molecule has 3 aromatic rings. The first-order valence-electron chi connectivity index (χ1n) is 12.4. The van der Waals surface area contributed by atoms with Crippen LogP contribution in [0.4, 0.5) is 0 Å². The fraction of sp³-hybridized carbons (Fsp3) is 0.345. The molecule has 0 spiro atoms. The number of ether oxygens (including phenoxy) is 2. The summed E-state index contributed by atoms with van der Waals surface area (Å²) >= 11 is 0. The molecule has 2 aliphatic heterocycles. The Balaban J connectivity index is 1.20. The number of hydrogen-bond donors (Lipinski definition) is 1. The molecule has 0 atom stereocenters. The lowest BCUT2D eigenvalue weighted by Gasteiger charge is -2.38. The van der Waals surface area contributed by atoms with Gasteiger partial charge in [-0.25, -0.2) is 0 Å². The molecule has 3 aromatic carbocycles. The lowest BCUT2D eigenvalue weighted by molar-refractivity contribution is -0.121. The van der Waals surface area contributed by atoms with E-state index in [-0.39, 0.29) is 36.1 Å². The summed E-state index contributed by atoms with van der Waals surface area (Å²) in [4.78, 5) is 40.1. The van der Waals surface area contributed by atoms with E-state index in [1.54, 1.807) is 19.2 Å². The normalized spacial score (nSPS) is 16.8. The predicted octanol–water partition coefficient (Wildman–Crippen LogP) is 4.09. The average Bonchev–Trinajstić information content (AvgIpc) is 2.93. The molecule has 0 saturated carbocycles. The zero-order valence-corrected chi connectivity index (χ0v) is 20.4. The molecule has 3 amide bonds. The van der Waals surface area contributed by atoms with Crippen LogP contribution in [0.2, 0.25) is 0 Å². The van der Waals surface area contributed by atoms with Gasteiger partial charge in [0.2, 0.25) is 5.91 Å². The van der Waals surface area contributed by atoms with Gasteiger partial charge in [0.1, 0.15) is 5.75 Å². The van der Waals surface area contributed by atoms with E-state index in [9.17, 15) is 14.4 Å². The SMILES string of the molecule is COc1ccc(C2(CNC(=O)CCCN3C(=O)c4cccc5cccc(c45)C3=O)CCOCC2)cc1. The maximum absolute atomic E-state index is 13.1. The van der Waals surface area contributed by atoms with Crippen LogP contribution in [0.25, 0.3) is 10.8 Å². The standard InChI is InChI=1S/C29H30N2O5/c1-35-22-12-10-21(11-13-22)29(14-17-36-18-15-29)19-30-25(32)9-4-16-31-27(33)23-7-2-5-20-6-3-8-24(26(20)23)28(31)34/h2-3,5-8,10-13H,4,9,14-19H2,1H3,(H,30,32). The fourth-order valence-corrected chi connectivity index (χ4v) is 5.31. The van der Waals surface area contributed by atoms with Crippen molar-refractivity contribution in [2.45, 2.75) is 31.1 Å². The average molecular weight is 487 g/mol. The Kier molecular flexibility index (Phi) is 6.74. The number of methoxy groups -OCH3 is 1. The van der Waals surface area contributed by atoms with Crippen LogP contribution in [0, 0.1) is 0 Å². The van der Waals surface area contributed by atoms with Gasteiger partial charge >= 0.3 is 0 Å². The van der Waals surface area contributed by atoms with Crippen molar-refractivity contribution < 1.29 is 23.9 Å². The van der Waals surface area contributed by atoms with Crippen molar-refractivity contribution in [3.8, 4) is 5.75 Å². The molecule has 7 nitrogen and oxygen atoms in total. The fourth-order valence-electron chi connectivity index (χ4n) is 5.31. The second kappa shape index (κ2) is 10.1. The van der Waals surface area contributed by atoms with Gasteiger partial charge in [0.15, 0.2) is 0 Å². The number of imide groups is 1. The van der Waals surface area contributed by atoms with Crippen molar-refractivity contribution >= 4 is 28.5 Å². The Morgan fingerprint density at radius 1 is 0.972 bits per heavy atom. The summed E-state index contributed by atoms with van der Waals surface area (Å²) in [6, 6.07) is 19.0. The van der Waals surface area contributed by atoms with Crippen LogP contribution in [-0.4, -0.2) is 56.0 Å². The number of amides is 3. The summed E-state index contributed by atoms with van der Waals surface area (Å²) in [5, 5.41) is 4.69. The van der Waals surface area contributed by atoms with E-state index in [0.29, 0.717) is 42.7 Å². The molecule has 186 valence electrons. The Hall–Kier alpha value is -3.71. The van der Waals surface area contributed by atoms with E-state index in [1.807, 2.05) is 36.4 Å². The number of carbonyl (C=O) groups excluding carboxylic acids is 3. The zero-order valence-electron chi connectivity index (χ0n) is 20.4. The quantitative estimate of drug-likeness (QED) is 0.485. The molecule has 1 saturated heterocycles. The Morgan fingerprint density at radius 2 is 1.61 bits per heavy atom. The van der Waals surface area contributed by atoms with Crippen LogP contribution >= 0.6 is 0 Å². The van der Waals surface area contributed by atoms with Gasteiger partial charge in [0.25, 0.3) is 11.8 Å². The van der Waals surface area contributed by atoms with E-state index in [4.69, 9.17) is 9.47 Å². The van der Waals surface area contributed by atoms with Crippen molar-refractivity contribution in [3.05, 3.63) is 77.4 Å². The third-order valence-electron chi connectivity index (χ3n) is 7.42. The Labute approximate surface area is 210 Å². The van der Waals surface area contributed by atoms with Crippen LogP contribution in [0.15, 0.2) is 60.7 Å². The minimum Gasteiger partial charge on any atom is -0.497 e. The van der Waals surface area contributed by atoms with Gasteiger partial charge in [0, 0.05) is 54.7 Å². The van der Waals surface area contributed by atoms with Crippen molar-refractivity contribution in [3.63, 3.8) is 0 Å². The number of hydrogen-bond acceptors (Lipinski definition) is 5. The summed E-state index contributed by atoms with van der Waals surface area (Å²) < 4.78 is 10.9. The number of nitrogens with zero attached hydrogens (tertiary/aromatic N) is 1. The first kappa shape index (κ1) is 24.0. The molecule has 0 aromatic heterocycles. The van der Waals surface area contributed by atoms with Crippen molar-refractivity contribution in [1.29, 1.82) is 0 Å². The third kappa shape index (κ3) is 4.46. The Morgan fingerprint density at radius 3 is 2.22 bits per heavy atom. The molecule has 1 N–H and O–H groups in total. The number of carbonyl (C=O) groups is 3. The maximum Gasteiger partial charge on any atom is 0.261 e. The molecule has 7 heteroatoms. The lowest BCUT2D eigenvalue weighted by atomic mass is 9.74. The first-order chi connectivity index (χ1) is 17.5. The Bertz CT molecular complexity index is 1240. The van der Waals surface area contributed by atoms with Crippen molar-refractivity contribution in [2.75, 3.05) is 33.4 Å². The first-order valence-corrected chi connectivity index (χ1v) is 12.4. The largest absolute Gasteiger partial charge is 0.497 e. The monoisotopic (exact) mass is 486 g/mol. The van der Waals surface area contributed by atoms with Gasteiger partial charge in [-0.05, 0) is 54.5 Å². The van der Waals surface area contributed by atoms with E-state index in [2.05, 4.69) is 17.4 Å². The van der Waals surface area contributed by atoms with Crippen LogP contribution < -0.4 is 10.1 Å². The minimum absolute atomic E-state index is 0.0891. The van der Waals surface area contributed by atoms with E-state index < -0.39 is 0 Å². The summed E-state index contributed by atoms with van der Waals surface area (Å²) in [6.07, 6.45) is 2.28. The molecule has 0 bridgehead atoms. The summed E-state index contributed by atoms with van der Waals surface area (Å²) in [7, 11) is 1.64. The predicted molar refractivity (Wildman–Crippen MR) is 136 cm³/mol. The highest BCUT2D eigenvalue weighted by Gasteiger charge is 2.35. The molecule has 2 heterocycles. The maximum atomic E-state index is 13.1. The number of rotatable bonds is 8. The second-order valence-electron chi connectivity index (χ2n) is 9.47. The van der Waals surface area contributed by atoms with Gasteiger partial charge in [-0.15, -0.1) is 0 Å². The summed E-state index contributed by atoms with van der Waals surface area (Å²) in [5.41, 5.74) is 2.03. The van der Waals surface area contributed by atoms with Gasteiger partial charge in [-0.3, -0.25) is 19.3 Å². The molecule has 0 radical (unpaired) electrons. The van der Waals surface area contributed by atoms with E-state index >= 15 is 0 Å². The third-order valence-corrected chi connectivity index (χ3v) is 7.42. The van der Waals surface area contributed by atoms with Crippen LogP contribution in [0.1, 0.15) is 52.0 Å². The van der Waals surface area contributed by atoms with Crippen LogP contribution in [0.3, 0.4) is 0 Å². The molecule has 1 fully saturated rings.